The van der Waals surface area contributed by atoms with Crippen LogP contribution in [0.1, 0.15) is 15.2 Å². The molecule has 2 amide bonds. The van der Waals surface area contributed by atoms with Gasteiger partial charge in [0.05, 0.1) is 15.1 Å². The van der Waals surface area contributed by atoms with E-state index in [-0.39, 0.29) is 11.8 Å². The smallest absolute Gasteiger partial charge is 0.264 e. The Morgan fingerprint density at radius 3 is 2.84 bits per heavy atom. The van der Waals surface area contributed by atoms with Crippen molar-refractivity contribution in [2.75, 3.05) is 33.2 Å². The van der Waals surface area contributed by atoms with Gasteiger partial charge in [0.15, 0.2) is 6.10 Å². The molecule has 2 aliphatic heterocycles. The van der Waals surface area contributed by atoms with Crippen molar-refractivity contribution in [2.45, 2.75) is 12.5 Å². The number of amides is 2. The number of carbonyl (C=O) groups is 2. The predicted molar refractivity (Wildman–Crippen MR) is 121 cm³/mol. The van der Waals surface area contributed by atoms with Crippen molar-refractivity contribution in [3.05, 3.63) is 45.9 Å². The summed E-state index contributed by atoms with van der Waals surface area (Å²) in [5.74, 6) is 0.543. The summed E-state index contributed by atoms with van der Waals surface area (Å²) in [6, 6.07) is 7.40. The highest BCUT2D eigenvalue weighted by Crippen LogP contribution is 2.44. The molecule has 0 saturated carbocycles. The van der Waals surface area contributed by atoms with Crippen molar-refractivity contribution in [2.24, 2.45) is 0 Å². The van der Waals surface area contributed by atoms with Crippen molar-refractivity contribution in [1.29, 1.82) is 0 Å². The molecule has 160 valence electrons. The number of rotatable bonds is 3. The summed E-state index contributed by atoms with van der Waals surface area (Å²) in [7, 11) is 1.61. The molecule has 2 N–H and O–H groups in total. The summed E-state index contributed by atoms with van der Waals surface area (Å²) in [5, 5.41) is 6.50. The molecule has 1 saturated heterocycles. The molecule has 7 nitrogen and oxygen atoms in total. The number of aromatic nitrogens is 1. The van der Waals surface area contributed by atoms with Crippen LogP contribution in [0.2, 0.25) is 5.02 Å². The standard InChI is InChI=1S/C22H21ClN4O3S/c1-24-21(28)18-11-16-20(31-18)14(2-3-26-16)15-10-13(23)8-12-9-17(30-19(12)15)22(29)27-6-4-25-5-7-27/h2-3,8,10-11,17,25H,4-7,9H2,1H3,(H,24,28)/t17-/m1/s1. The number of hydrogen-bond donors (Lipinski definition) is 2. The first kappa shape index (κ1) is 20.2. The Morgan fingerprint density at radius 1 is 1.26 bits per heavy atom. The Morgan fingerprint density at radius 2 is 2.06 bits per heavy atom. The van der Waals surface area contributed by atoms with Gasteiger partial charge in [0, 0.05) is 67.6 Å². The second-order valence-corrected chi connectivity index (χ2v) is 9.08. The van der Waals surface area contributed by atoms with E-state index in [4.69, 9.17) is 16.3 Å². The molecule has 9 heteroatoms. The maximum atomic E-state index is 13.0. The topological polar surface area (TPSA) is 83.6 Å². The first-order valence-electron chi connectivity index (χ1n) is 10.1. The van der Waals surface area contributed by atoms with Gasteiger partial charge in [0.1, 0.15) is 5.75 Å². The van der Waals surface area contributed by atoms with Gasteiger partial charge in [-0.05, 0) is 24.3 Å². The molecule has 0 unspecified atom stereocenters. The molecule has 0 bridgehead atoms. The van der Waals surface area contributed by atoms with Crippen LogP contribution in [0.25, 0.3) is 21.3 Å². The lowest BCUT2D eigenvalue weighted by molar-refractivity contribution is -0.138. The molecular formula is C22H21ClN4O3S. The quantitative estimate of drug-likeness (QED) is 0.633. The molecule has 1 aromatic carbocycles. The van der Waals surface area contributed by atoms with Crippen molar-refractivity contribution < 1.29 is 14.3 Å². The third kappa shape index (κ3) is 3.64. The number of nitrogens with zero attached hydrogens (tertiary/aromatic N) is 2. The fourth-order valence-electron chi connectivity index (χ4n) is 4.14. The number of piperazine rings is 1. The van der Waals surface area contributed by atoms with E-state index in [0.29, 0.717) is 35.2 Å². The van der Waals surface area contributed by atoms with Gasteiger partial charge in [-0.15, -0.1) is 11.3 Å². The van der Waals surface area contributed by atoms with E-state index in [1.165, 1.54) is 11.3 Å². The summed E-state index contributed by atoms with van der Waals surface area (Å²) >= 11 is 7.83. The molecule has 2 aliphatic rings. The van der Waals surface area contributed by atoms with Crippen molar-refractivity contribution >= 4 is 45.0 Å². The number of carbonyl (C=O) groups excluding carboxylic acids is 2. The van der Waals surface area contributed by atoms with Gasteiger partial charge in [0.25, 0.3) is 11.8 Å². The van der Waals surface area contributed by atoms with Crippen molar-refractivity contribution in [1.82, 2.24) is 20.5 Å². The third-order valence-corrected chi connectivity index (χ3v) is 7.03. The van der Waals surface area contributed by atoms with Crippen LogP contribution in [0.4, 0.5) is 0 Å². The number of pyridine rings is 1. The van der Waals surface area contributed by atoms with Crippen LogP contribution in [-0.4, -0.2) is 61.0 Å². The van der Waals surface area contributed by atoms with Gasteiger partial charge < -0.3 is 20.3 Å². The molecule has 5 rings (SSSR count). The third-order valence-electron chi connectivity index (χ3n) is 5.65. The lowest BCUT2D eigenvalue weighted by atomic mass is 10.0. The fourth-order valence-corrected chi connectivity index (χ4v) is 5.47. The van der Waals surface area contributed by atoms with Crippen LogP contribution < -0.4 is 15.4 Å². The van der Waals surface area contributed by atoms with E-state index < -0.39 is 6.10 Å². The largest absolute Gasteiger partial charge is 0.479 e. The number of fused-ring (bicyclic) bond motifs is 2. The van der Waals surface area contributed by atoms with Gasteiger partial charge >= 0.3 is 0 Å². The number of ether oxygens (including phenoxy) is 1. The Bertz CT molecular complexity index is 1190. The molecule has 4 heterocycles. The predicted octanol–water partition coefficient (Wildman–Crippen LogP) is 2.71. The molecule has 3 aromatic rings. The molecule has 1 fully saturated rings. The SMILES string of the molecule is CNC(=O)c1cc2nccc(-c3cc(Cl)cc4c3O[C@@H](C(=O)N3CCNCC3)C4)c2s1. The summed E-state index contributed by atoms with van der Waals surface area (Å²) in [6.07, 6.45) is 1.66. The maximum Gasteiger partial charge on any atom is 0.264 e. The van der Waals surface area contributed by atoms with Crippen LogP contribution in [0.15, 0.2) is 30.5 Å². The van der Waals surface area contributed by atoms with E-state index in [1.807, 2.05) is 23.1 Å². The fraction of sp³-hybridized carbons (Fsp3) is 0.318. The normalized spacial score (nSPS) is 18.0. The Labute approximate surface area is 188 Å². The van der Waals surface area contributed by atoms with E-state index in [9.17, 15) is 9.59 Å². The Balaban J connectivity index is 1.54. The second kappa shape index (κ2) is 8.11. The highest BCUT2D eigenvalue weighted by molar-refractivity contribution is 7.21. The minimum absolute atomic E-state index is 0.0117. The lowest BCUT2D eigenvalue weighted by Crippen LogP contribution is -2.50. The minimum Gasteiger partial charge on any atom is -0.479 e. The van der Waals surface area contributed by atoms with Crippen LogP contribution in [-0.2, 0) is 11.2 Å². The first-order chi connectivity index (χ1) is 15.0. The lowest BCUT2D eigenvalue weighted by Gasteiger charge is -2.29. The van der Waals surface area contributed by atoms with Gasteiger partial charge in [-0.25, -0.2) is 0 Å². The molecular weight excluding hydrogens is 436 g/mol. The van der Waals surface area contributed by atoms with E-state index in [1.54, 1.807) is 19.3 Å². The number of thiophene rings is 1. The molecule has 1 atom stereocenters. The average molecular weight is 457 g/mol. The van der Waals surface area contributed by atoms with E-state index in [0.717, 1.165) is 40.0 Å². The van der Waals surface area contributed by atoms with E-state index in [2.05, 4.69) is 15.6 Å². The number of hydrogen-bond acceptors (Lipinski definition) is 6. The van der Waals surface area contributed by atoms with Crippen molar-refractivity contribution in [3.63, 3.8) is 0 Å². The monoisotopic (exact) mass is 456 g/mol. The first-order valence-corrected chi connectivity index (χ1v) is 11.3. The van der Waals surface area contributed by atoms with E-state index >= 15 is 0 Å². The zero-order valence-corrected chi connectivity index (χ0v) is 18.5. The molecule has 0 radical (unpaired) electrons. The van der Waals surface area contributed by atoms with Crippen molar-refractivity contribution in [3.8, 4) is 16.9 Å². The van der Waals surface area contributed by atoms with Gasteiger partial charge in [-0.1, -0.05) is 11.6 Å². The summed E-state index contributed by atoms with van der Waals surface area (Å²) in [4.78, 5) is 32.0. The summed E-state index contributed by atoms with van der Waals surface area (Å²) in [5.41, 5.74) is 3.36. The minimum atomic E-state index is -0.549. The highest BCUT2D eigenvalue weighted by Gasteiger charge is 2.35. The number of halogens is 1. The average Bonchev–Trinajstić information content (AvgIpc) is 3.42. The van der Waals surface area contributed by atoms with Gasteiger partial charge in [-0.3, -0.25) is 14.6 Å². The molecule has 2 aromatic heterocycles. The molecule has 0 spiro atoms. The Kier molecular flexibility index (Phi) is 5.29. The van der Waals surface area contributed by atoms with Gasteiger partial charge in [-0.2, -0.15) is 0 Å². The Hall–Kier alpha value is -2.68. The van der Waals surface area contributed by atoms with Crippen LogP contribution in [0.5, 0.6) is 5.75 Å². The van der Waals surface area contributed by atoms with Crippen LogP contribution in [0.3, 0.4) is 0 Å². The van der Waals surface area contributed by atoms with Crippen LogP contribution >= 0.6 is 22.9 Å². The number of benzene rings is 1. The van der Waals surface area contributed by atoms with Crippen LogP contribution in [0, 0.1) is 0 Å². The molecule has 0 aliphatic carbocycles. The maximum absolute atomic E-state index is 13.0. The molecule has 31 heavy (non-hydrogen) atoms. The summed E-state index contributed by atoms with van der Waals surface area (Å²) in [6.45, 7) is 2.96. The second-order valence-electron chi connectivity index (χ2n) is 7.59. The van der Waals surface area contributed by atoms with Gasteiger partial charge in [0.2, 0.25) is 0 Å². The number of nitrogens with one attached hydrogen (secondary N) is 2. The zero-order chi connectivity index (χ0) is 21.5. The zero-order valence-electron chi connectivity index (χ0n) is 16.9. The highest BCUT2D eigenvalue weighted by atomic mass is 35.5. The summed E-state index contributed by atoms with van der Waals surface area (Å²) < 4.78 is 7.10.